The molecule has 1 spiro atoms. The van der Waals surface area contributed by atoms with E-state index in [2.05, 4.69) is 6.08 Å². The zero-order valence-electron chi connectivity index (χ0n) is 8.35. The number of allylic oxidation sites excluding steroid dienone is 1. The fourth-order valence-electron chi connectivity index (χ4n) is 2.53. The van der Waals surface area contributed by atoms with Crippen LogP contribution in [0.1, 0.15) is 25.7 Å². The smallest absolute Gasteiger partial charge is 0.0880 e. The molecule has 2 aliphatic rings. The minimum absolute atomic E-state index is 0.231. The molecule has 80 valence electrons. The molecule has 1 fully saturated rings. The average molecular weight is 198 g/mol. The molecule has 0 saturated heterocycles. The van der Waals surface area contributed by atoms with E-state index in [1.165, 1.54) is 0 Å². The van der Waals surface area contributed by atoms with E-state index in [0.29, 0.717) is 19.6 Å². The quantitative estimate of drug-likeness (QED) is 0.567. The van der Waals surface area contributed by atoms with E-state index in [9.17, 15) is 10.2 Å². The maximum absolute atomic E-state index is 10.0. The van der Waals surface area contributed by atoms with Crippen LogP contribution in [0.4, 0.5) is 0 Å². The molecule has 0 amide bonds. The summed E-state index contributed by atoms with van der Waals surface area (Å²) in [6, 6.07) is 0. The summed E-state index contributed by atoms with van der Waals surface area (Å²) in [5, 5.41) is 19.7. The van der Waals surface area contributed by atoms with Gasteiger partial charge in [0.2, 0.25) is 0 Å². The van der Waals surface area contributed by atoms with E-state index in [1.807, 2.05) is 6.08 Å². The second-order valence-electron chi connectivity index (χ2n) is 4.46. The number of aliphatic hydroxyl groups is 2. The molecule has 1 aliphatic heterocycles. The standard InChI is InChI=1S/C11H18O3/c12-9-4-3-6-11(10(9)13)5-1-2-7-14-8-11/h1-2,9-10,12-13H,3-8H2/t9-,10+,11+/m1/s1. The number of hydrogen-bond donors (Lipinski definition) is 2. The SMILES string of the molecule is O[C@@H]1CCC[C@]2(CC=CCOC2)[C@H]1O. The first-order valence-corrected chi connectivity index (χ1v) is 5.33. The summed E-state index contributed by atoms with van der Waals surface area (Å²) in [6.07, 6.45) is 6.33. The number of ether oxygens (including phenoxy) is 1. The van der Waals surface area contributed by atoms with E-state index in [-0.39, 0.29) is 5.41 Å². The third kappa shape index (κ3) is 1.72. The molecule has 1 aliphatic carbocycles. The van der Waals surface area contributed by atoms with Crippen LogP contribution in [0.15, 0.2) is 12.2 Å². The second-order valence-corrected chi connectivity index (χ2v) is 4.46. The van der Waals surface area contributed by atoms with Crippen molar-refractivity contribution in [2.75, 3.05) is 13.2 Å². The van der Waals surface area contributed by atoms with Gasteiger partial charge in [-0.2, -0.15) is 0 Å². The number of hydrogen-bond acceptors (Lipinski definition) is 3. The van der Waals surface area contributed by atoms with Crippen LogP contribution in [-0.4, -0.2) is 35.6 Å². The normalized spacial score (nSPS) is 43.9. The van der Waals surface area contributed by atoms with Gasteiger partial charge in [-0.25, -0.2) is 0 Å². The number of rotatable bonds is 0. The lowest BCUT2D eigenvalue weighted by Crippen LogP contribution is -2.49. The highest BCUT2D eigenvalue weighted by Gasteiger charge is 2.44. The summed E-state index contributed by atoms with van der Waals surface area (Å²) < 4.78 is 5.45. The molecular formula is C11H18O3. The van der Waals surface area contributed by atoms with E-state index in [1.54, 1.807) is 0 Å². The third-order valence-corrected chi connectivity index (χ3v) is 3.46. The summed E-state index contributed by atoms with van der Waals surface area (Å²) in [5.74, 6) is 0. The molecule has 2 N–H and O–H groups in total. The topological polar surface area (TPSA) is 49.7 Å². The van der Waals surface area contributed by atoms with Gasteiger partial charge in [0.05, 0.1) is 25.4 Å². The molecule has 3 nitrogen and oxygen atoms in total. The van der Waals surface area contributed by atoms with Crippen LogP contribution in [0.3, 0.4) is 0 Å². The molecule has 1 heterocycles. The van der Waals surface area contributed by atoms with Crippen molar-refractivity contribution in [3.8, 4) is 0 Å². The van der Waals surface area contributed by atoms with Crippen LogP contribution in [0.25, 0.3) is 0 Å². The highest BCUT2D eigenvalue weighted by molar-refractivity contribution is 5.01. The Hall–Kier alpha value is -0.380. The van der Waals surface area contributed by atoms with Gasteiger partial charge in [0.1, 0.15) is 0 Å². The molecule has 0 aromatic rings. The Morgan fingerprint density at radius 3 is 3.00 bits per heavy atom. The first-order chi connectivity index (χ1) is 6.75. The van der Waals surface area contributed by atoms with Crippen molar-refractivity contribution in [1.82, 2.24) is 0 Å². The van der Waals surface area contributed by atoms with Gasteiger partial charge in [-0.05, 0) is 19.3 Å². The zero-order chi connectivity index (χ0) is 10.0. The van der Waals surface area contributed by atoms with Crippen molar-refractivity contribution in [3.05, 3.63) is 12.2 Å². The molecule has 1 saturated carbocycles. The van der Waals surface area contributed by atoms with E-state index in [0.717, 1.165) is 19.3 Å². The predicted octanol–water partition coefficient (Wildman–Crippen LogP) is 0.855. The van der Waals surface area contributed by atoms with Crippen molar-refractivity contribution < 1.29 is 14.9 Å². The summed E-state index contributed by atoms with van der Waals surface area (Å²) in [7, 11) is 0. The fourth-order valence-corrected chi connectivity index (χ4v) is 2.53. The minimum Gasteiger partial charge on any atom is -0.390 e. The lowest BCUT2D eigenvalue weighted by molar-refractivity contribution is -0.120. The van der Waals surface area contributed by atoms with Gasteiger partial charge in [0.25, 0.3) is 0 Å². The van der Waals surface area contributed by atoms with Gasteiger partial charge < -0.3 is 14.9 Å². The van der Waals surface area contributed by atoms with Gasteiger partial charge >= 0.3 is 0 Å². The van der Waals surface area contributed by atoms with E-state index in [4.69, 9.17) is 4.74 Å². The molecule has 14 heavy (non-hydrogen) atoms. The summed E-state index contributed by atoms with van der Waals surface area (Å²) >= 11 is 0. The lowest BCUT2D eigenvalue weighted by Gasteiger charge is -2.42. The van der Waals surface area contributed by atoms with Crippen LogP contribution in [-0.2, 0) is 4.74 Å². The Morgan fingerprint density at radius 1 is 1.29 bits per heavy atom. The van der Waals surface area contributed by atoms with Gasteiger partial charge in [-0.3, -0.25) is 0 Å². The molecule has 3 heteroatoms. The van der Waals surface area contributed by atoms with Gasteiger partial charge in [-0.15, -0.1) is 0 Å². The van der Waals surface area contributed by atoms with Crippen LogP contribution in [0, 0.1) is 5.41 Å². The molecule has 0 unspecified atom stereocenters. The predicted molar refractivity (Wildman–Crippen MR) is 52.9 cm³/mol. The van der Waals surface area contributed by atoms with Crippen molar-refractivity contribution in [1.29, 1.82) is 0 Å². The molecule has 2 rings (SSSR count). The van der Waals surface area contributed by atoms with Crippen molar-refractivity contribution in [3.63, 3.8) is 0 Å². The molecule has 0 bridgehead atoms. The third-order valence-electron chi connectivity index (χ3n) is 3.46. The van der Waals surface area contributed by atoms with Crippen LogP contribution in [0.5, 0.6) is 0 Å². The van der Waals surface area contributed by atoms with Crippen LogP contribution in [0.2, 0.25) is 0 Å². The second kappa shape index (κ2) is 4.01. The van der Waals surface area contributed by atoms with Crippen LogP contribution < -0.4 is 0 Å². The van der Waals surface area contributed by atoms with E-state index < -0.39 is 12.2 Å². The summed E-state index contributed by atoms with van der Waals surface area (Å²) in [6.45, 7) is 1.20. The van der Waals surface area contributed by atoms with Crippen molar-refractivity contribution >= 4 is 0 Å². The van der Waals surface area contributed by atoms with E-state index >= 15 is 0 Å². The Kier molecular flexibility index (Phi) is 2.91. The first-order valence-electron chi connectivity index (χ1n) is 5.33. The first kappa shape index (κ1) is 10.1. The highest BCUT2D eigenvalue weighted by Crippen LogP contribution is 2.41. The zero-order valence-corrected chi connectivity index (χ0v) is 8.35. The monoisotopic (exact) mass is 198 g/mol. The maximum Gasteiger partial charge on any atom is 0.0880 e. The Labute approximate surface area is 84.4 Å². The Balaban J connectivity index is 2.14. The molecule has 3 atom stereocenters. The van der Waals surface area contributed by atoms with Crippen molar-refractivity contribution in [2.24, 2.45) is 5.41 Å². The maximum atomic E-state index is 10.0. The molecule has 0 radical (unpaired) electrons. The lowest BCUT2D eigenvalue weighted by atomic mass is 9.69. The van der Waals surface area contributed by atoms with Gasteiger partial charge in [0, 0.05) is 5.41 Å². The Bertz CT molecular complexity index is 227. The molecule has 0 aromatic heterocycles. The minimum atomic E-state index is -0.626. The number of aliphatic hydroxyl groups excluding tert-OH is 2. The average Bonchev–Trinajstić information content (AvgIpc) is 2.41. The summed E-state index contributed by atoms with van der Waals surface area (Å²) in [5.41, 5.74) is -0.231. The van der Waals surface area contributed by atoms with Gasteiger partial charge in [0.15, 0.2) is 0 Å². The molecule has 0 aromatic carbocycles. The largest absolute Gasteiger partial charge is 0.390 e. The van der Waals surface area contributed by atoms with Gasteiger partial charge in [-0.1, -0.05) is 18.6 Å². The van der Waals surface area contributed by atoms with Crippen molar-refractivity contribution in [2.45, 2.75) is 37.9 Å². The summed E-state index contributed by atoms with van der Waals surface area (Å²) in [4.78, 5) is 0. The fraction of sp³-hybridized carbons (Fsp3) is 0.818. The molecular weight excluding hydrogens is 180 g/mol. The van der Waals surface area contributed by atoms with Crippen LogP contribution >= 0.6 is 0 Å². The Morgan fingerprint density at radius 2 is 2.14 bits per heavy atom. The highest BCUT2D eigenvalue weighted by atomic mass is 16.5.